The van der Waals surface area contributed by atoms with Gasteiger partial charge in [0.15, 0.2) is 0 Å². The Labute approximate surface area is 92.6 Å². The highest BCUT2D eigenvalue weighted by Crippen LogP contribution is 1.97. The van der Waals surface area contributed by atoms with Crippen molar-refractivity contribution in [2.45, 2.75) is 25.0 Å². The molecule has 0 aliphatic rings. The van der Waals surface area contributed by atoms with Crippen LogP contribution in [0.25, 0.3) is 0 Å². The number of methoxy groups -OCH3 is 1. The minimum atomic E-state index is -3.16. The Hall–Kier alpha value is -0.170. The molecule has 1 atom stereocenters. The van der Waals surface area contributed by atoms with E-state index in [-0.39, 0.29) is 0 Å². The molecule has 0 radical (unpaired) electrons. The average molecular weight is 238 g/mol. The van der Waals surface area contributed by atoms with Crippen LogP contribution in [0.3, 0.4) is 0 Å². The van der Waals surface area contributed by atoms with Crippen LogP contribution in [0.5, 0.6) is 0 Å². The molecule has 0 aromatic rings. The van der Waals surface area contributed by atoms with Crippen LogP contribution in [0.1, 0.15) is 19.8 Å². The SMILES string of the molecule is CNCC(C)S(=O)(=O)NCCCCOC. The van der Waals surface area contributed by atoms with Crippen molar-refractivity contribution in [3.8, 4) is 0 Å². The van der Waals surface area contributed by atoms with Gasteiger partial charge >= 0.3 is 0 Å². The van der Waals surface area contributed by atoms with Crippen molar-refractivity contribution in [3.05, 3.63) is 0 Å². The van der Waals surface area contributed by atoms with Crippen molar-refractivity contribution in [3.63, 3.8) is 0 Å². The van der Waals surface area contributed by atoms with Gasteiger partial charge in [-0.15, -0.1) is 0 Å². The predicted octanol–water partition coefficient (Wildman–Crippen LogP) is -0.0597. The lowest BCUT2D eigenvalue weighted by Crippen LogP contribution is -2.38. The van der Waals surface area contributed by atoms with E-state index in [4.69, 9.17) is 4.74 Å². The molecule has 0 aromatic heterocycles. The topological polar surface area (TPSA) is 67.4 Å². The summed E-state index contributed by atoms with van der Waals surface area (Å²) >= 11 is 0. The van der Waals surface area contributed by atoms with Crippen LogP contribution in [-0.2, 0) is 14.8 Å². The van der Waals surface area contributed by atoms with E-state index in [2.05, 4.69) is 10.0 Å². The zero-order chi connectivity index (χ0) is 11.7. The van der Waals surface area contributed by atoms with E-state index in [1.807, 2.05) is 0 Å². The first-order valence-electron chi connectivity index (χ1n) is 5.16. The van der Waals surface area contributed by atoms with Crippen LogP contribution >= 0.6 is 0 Å². The largest absolute Gasteiger partial charge is 0.385 e. The molecule has 15 heavy (non-hydrogen) atoms. The first kappa shape index (κ1) is 14.8. The zero-order valence-electron chi connectivity index (χ0n) is 9.75. The van der Waals surface area contributed by atoms with Crippen molar-refractivity contribution in [1.82, 2.24) is 10.0 Å². The van der Waals surface area contributed by atoms with Crippen LogP contribution in [0.2, 0.25) is 0 Å². The fourth-order valence-electron chi connectivity index (χ4n) is 1.13. The third-order valence-electron chi connectivity index (χ3n) is 2.10. The molecule has 0 fully saturated rings. The van der Waals surface area contributed by atoms with E-state index in [9.17, 15) is 8.42 Å². The number of rotatable bonds is 9. The van der Waals surface area contributed by atoms with Crippen LogP contribution in [0.4, 0.5) is 0 Å². The van der Waals surface area contributed by atoms with Gasteiger partial charge in [-0.2, -0.15) is 0 Å². The third kappa shape index (κ3) is 6.83. The van der Waals surface area contributed by atoms with Crippen molar-refractivity contribution in [2.24, 2.45) is 0 Å². The first-order chi connectivity index (χ1) is 7.04. The monoisotopic (exact) mass is 238 g/mol. The van der Waals surface area contributed by atoms with Gasteiger partial charge in [0.25, 0.3) is 0 Å². The minimum absolute atomic E-state index is 0.398. The lowest BCUT2D eigenvalue weighted by molar-refractivity contribution is 0.193. The van der Waals surface area contributed by atoms with Crippen molar-refractivity contribution >= 4 is 10.0 Å². The maximum absolute atomic E-state index is 11.6. The van der Waals surface area contributed by atoms with Crippen molar-refractivity contribution in [1.29, 1.82) is 0 Å². The average Bonchev–Trinajstić information content (AvgIpc) is 2.18. The number of hydrogen-bond acceptors (Lipinski definition) is 4. The van der Waals surface area contributed by atoms with E-state index in [1.165, 1.54) is 0 Å². The number of sulfonamides is 1. The van der Waals surface area contributed by atoms with Crippen molar-refractivity contribution < 1.29 is 13.2 Å². The maximum Gasteiger partial charge on any atom is 0.215 e. The summed E-state index contributed by atoms with van der Waals surface area (Å²) < 4.78 is 30.6. The summed E-state index contributed by atoms with van der Waals surface area (Å²) in [5.74, 6) is 0. The van der Waals surface area contributed by atoms with E-state index < -0.39 is 15.3 Å². The molecule has 0 saturated heterocycles. The van der Waals surface area contributed by atoms with Crippen LogP contribution < -0.4 is 10.0 Å². The molecule has 1 unspecified atom stereocenters. The molecule has 6 heteroatoms. The Bertz CT molecular complexity index is 242. The molecule has 0 amide bonds. The summed E-state index contributed by atoms with van der Waals surface area (Å²) in [7, 11) is 0.216. The molecule has 0 bridgehead atoms. The Kier molecular flexibility index (Phi) is 7.95. The van der Waals surface area contributed by atoms with Crippen LogP contribution in [0, 0.1) is 0 Å². The van der Waals surface area contributed by atoms with Gasteiger partial charge in [-0.3, -0.25) is 0 Å². The minimum Gasteiger partial charge on any atom is -0.385 e. The standard InChI is InChI=1S/C9H22N2O3S/c1-9(8-10-2)15(12,13)11-6-4-5-7-14-3/h9-11H,4-8H2,1-3H3. The molecule has 0 aromatic carbocycles. The van der Waals surface area contributed by atoms with E-state index in [0.717, 1.165) is 12.8 Å². The summed E-state index contributed by atoms with van der Waals surface area (Å²) in [6.45, 7) is 3.31. The number of hydrogen-bond donors (Lipinski definition) is 2. The highest BCUT2D eigenvalue weighted by atomic mass is 32.2. The molecule has 5 nitrogen and oxygen atoms in total. The van der Waals surface area contributed by atoms with Gasteiger partial charge in [-0.1, -0.05) is 0 Å². The second-order valence-electron chi connectivity index (χ2n) is 3.51. The maximum atomic E-state index is 11.6. The molecule has 0 spiro atoms. The van der Waals surface area contributed by atoms with E-state index in [0.29, 0.717) is 19.7 Å². The summed E-state index contributed by atoms with van der Waals surface area (Å²) in [6, 6.07) is 0. The predicted molar refractivity (Wildman–Crippen MR) is 61.4 cm³/mol. The van der Waals surface area contributed by atoms with E-state index in [1.54, 1.807) is 21.1 Å². The van der Waals surface area contributed by atoms with Gasteiger partial charge in [0.05, 0.1) is 5.25 Å². The summed E-state index contributed by atoms with van der Waals surface area (Å²) in [6.07, 6.45) is 1.68. The Morgan fingerprint density at radius 1 is 1.33 bits per heavy atom. The highest BCUT2D eigenvalue weighted by molar-refractivity contribution is 7.90. The molecule has 92 valence electrons. The summed E-state index contributed by atoms with van der Waals surface area (Å²) in [5, 5.41) is 2.45. The lowest BCUT2D eigenvalue weighted by atomic mass is 10.3. The molecule has 0 saturated carbocycles. The van der Waals surface area contributed by atoms with Gasteiger partial charge in [-0.05, 0) is 26.8 Å². The van der Waals surface area contributed by atoms with Crippen LogP contribution in [-0.4, -0.2) is 47.5 Å². The molecule has 0 heterocycles. The summed E-state index contributed by atoms with van der Waals surface area (Å²) in [4.78, 5) is 0. The second-order valence-corrected chi connectivity index (χ2v) is 5.69. The summed E-state index contributed by atoms with van der Waals surface area (Å²) in [5.41, 5.74) is 0. The Morgan fingerprint density at radius 3 is 2.53 bits per heavy atom. The third-order valence-corrected chi connectivity index (χ3v) is 3.93. The molecule has 0 rings (SSSR count). The smallest absolute Gasteiger partial charge is 0.215 e. The first-order valence-corrected chi connectivity index (χ1v) is 6.71. The number of ether oxygens (including phenoxy) is 1. The van der Waals surface area contributed by atoms with Crippen molar-refractivity contribution in [2.75, 3.05) is 33.9 Å². The number of unbranched alkanes of at least 4 members (excludes halogenated alkanes) is 1. The van der Waals surface area contributed by atoms with Gasteiger partial charge in [0, 0.05) is 26.8 Å². The fourth-order valence-corrected chi connectivity index (χ4v) is 2.22. The molecular weight excluding hydrogens is 216 g/mol. The quantitative estimate of drug-likeness (QED) is 0.552. The molecule has 2 N–H and O–H groups in total. The second kappa shape index (κ2) is 8.04. The van der Waals surface area contributed by atoms with Gasteiger partial charge in [-0.25, -0.2) is 13.1 Å². The fraction of sp³-hybridized carbons (Fsp3) is 1.00. The Balaban J connectivity index is 3.74. The van der Waals surface area contributed by atoms with Gasteiger partial charge in [0.2, 0.25) is 10.0 Å². The lowest BCUT2D eigenvalue weighted by Gasteiger charge is -2.13. The molecule has 0 aliphatic carbocycles. The van der Waals surface area contributed by atoms with Gasteiger partial charge in [0.1, 0.15) is 0 Å². The molecular formula is C9H22N2O3S. The molecule has 0 aliphatic heterocycles. The Morgan fingerprint density at radius 2 is 2.00 bits per heavy atom. The number of nitrogens with one attached hydrogen (secondary N) is 2. The van der Waals surface area contributed by atoms with E-state index >= 15 is 0 Å². The van der Waals surface area contributed by atoms with Gasteiger partial charge < -0.3 is 10.1 Å². The van der Waals surface area contributed by atoms with Crippen LogP contribution in [0.15, 0.2) is 0 Å². The highest BCUT2D eigenvalue weighted by Gasteiger charge is 2.18. The zero-order valence-corrected chi connectivity index (χ0v) is 10.6. The normalized spacial score (nSPS) is 14.1.